The molecule has 7 nitrogen and oxygen atoms in total. The Balaban J connectivity index is 1.77. The van der Waals surface area contributed by atoms with Crippen LogP contribution in [0, 0.1) is 0 Å². The first kappa shape index (κ1) is 15.3. The maximum absolute atomic E-state index is 12.2. The van der Waals surface area contributed by atoms with E-state index in [0.29, 0.717) is 16.0 Å². The van der Waals surface area contributed by atoms with E-state index in [9.17, 15) is 9.59 Å². The van der Waals surface area contributed by atoms with E-state index in [-0.39, 0.29) is 17.9 Å². The number of rotatable bonds is 5. The Bertz CT molecular complexity index is 902. The van der Waals surface area contributed by atoms with E-state index in [2.05, 4.69) is 27.5 Å². The second-order valence-corrected chi connectivity index (χ2v) is 6.04. The third kappa shape index (κ3) is 3.42. The van der Waals surface area contributed by atoms with Gasteiger partial charge in [0.2, 0.25) is 16.5 Å². The Morgan fingerprint density at radius 2 is 2.13 bits per heavy atom. The van der Waals surface area contributed by atoms with Gasteiger partial charge in [-0.25, -0.2) is 0 Å². The van der Waals surface area contributed by atoms with E-state index < -0.39 is 0 Å². The van der Waals surface area contributed by atoms with Crippen molar-refractivity contribution < 1.29 is 4.79 Å². The number of fused-ring (bicyclic) bond motifs is 1. The first-order valence-corrected chi connectivity index (χ1v) is 8.06. The molecule has 0 atom stereocenters. The number of hydrogen-bond acceptors (Lipinski definition) is 6. The van der Waals surface area contributed by atoms with Crippen LogP contribution in [0.15, 0.2) is 35.3 Å². The molecule has 3 aromatic rings. The second kappa shape index (κ2) is 6.66. The fourth-order valence-corrected chi connectivity index (χ4v) is 3.06. The lowest BCUT2D eigenvalue weighted by molar-refractivity contribution is -0.116. The normalized spacial score (nSPS) is 10.8. The van der Waals surface area contributed by atoms with Crippen molar-refractivity contribution in [1.82, 2.24) is 20.0 Å². The van der Waals surface area contributed by atoms with Crippen molar-refractivity contribution >= 4 is 33.3 Å². The minimum absolute atomic E-state index is 0.00346. The fourth-order valence-electron chi connectivity index (χ4n) is 2.20. The van der Waals surface area contributed by atoms with Crippen LogP contribution in [0.2, 0.25) is 0 Å². The number of aromatic nitrogens is 4. The summed E-state index contributed by atoms with van der Waals surface area (Å²) in [6, 6.07) is 7.07. The van der Waals surface area contributed by atoms with E-state index in [1.54, 1.807) is 24.3 Å². The molecule has 3 rings (SSSR count). The van der Waals surface area contributed by atoms with Gasteiger partial charge in [0.15, 0.2) is 0 Å². The molecule has 0 bridgehead atoms. The summed E-state index contributed by atoms with van der Waals surface area (Å²) in [6.45, 7) is 2.07. The fraction of sp³-hybridized carbons (Fsp3) is 0.267. The summed E-state index contributed by atoms with van der Waals surface area (Å²) < 4.78 is 1.50. The van der Waals surface area contributed by atoms with Gasteiger partial charge in [-0.15, -0.1) is 10.2 Å². The molecule has 0 spiro atoms. The smallest absolute Gasteiger partial charge is 0.247 e. The minimum atomic E-state index is -0.259. The predicted octanol–water partition coefficient (Wildman–Crippen LogP) is 1.84. The van der Waals surface area contributed by atoms with Gasteiger partial charge in [-0.3, -0.25) is 19.6 Å². The van der Waals surface area contributed by atoms with Crippen molar-refractivity contribution in [3.8, 4) is 0 Å². The standard InChI is InChI=1S/C15H15N5O2S/c1-2-5-14-18-19-15(23-14)17-13(22)9-20-11-7-4-3-6-10(11)12(21)8-16-20/h3-4,6-8H,2,5,9H2,1H3,(H,17,19,22). The molecule has 0 saturated carbocycles. The third-order valence-electron chi connectivity index (χ3n) is 3.23. The van der Waals surface area contributed by atoms with Gasteiger partial charge in [-0.1, -0.05) is 30.4 Å². The maximum Gasteiger partial charge on any atom is 0.247 e. The molecule has 1 N–H and O–H groups in total. The Hall–Kier alpha value is -2.61. The molecule has 1 aromatic carbocycles. The lowest BCUT2D eigenvalue weighted by Gasteiger charge is -2.08. The largest absolute Gasteiger partial charge is 0.299 e. The molecule has 118 valence electrons. The molecule has 23 heavy (non-hydrogen) atoms. The van der Waals surface area contributed by atoms with Crippen LogP contribution in [0.25, 0.3) is 10.9 Å². The van der Waals surface area contributed by atoms with Crippen molar-refractivity contribution in [2.45, 2.75) is 26.3 Å². The van der Waals surface area contributed by atoms with Crippen LogP contribution in [0.5, 0.6) is 0 Å². The number of hydrogen-bond donors (Lipinski definition) is 1. The van der Waals surface area contributed by atoms with Crippen molar-refractivity contribution in [3.05, 3.63) is 45.7 Å². The average molecular weight is 329 g/mol. The predicted molar refractivity (Wildman–Crippen MR) is 88.5 cm³/mol. The first-order chi connectivity index (χ1) is 11.2. The number of carbonyl (C=O) groups excluding carboxylic acids is 1. The monoisotopic (exact) mass is 329 g/mol. The van der Waals surface area contributed by atoms with Crippen LogP contribution < -0.4 is 10.7 Å². The summed E-state index contributed by atoms with van der Waals surface area (Å²) in [7, 11) is 0. The van der Waals surface area contributed by atoms with Crippen LogP contribution in [-0.2, 0) is 17.8 Å². The number of amides is 1. The minimum Gasteiger partial charge on any atom is -0.299 e. The number of nitrogens with one attached hydrogen (secondary N) is 1. The molecule has 0 radical (unpaired) electrons. The van der Waals surface area contributed by atoms with Crippen molar-refractivity contribution in [2.75, 3.05) is 5.32 Å². The summed E-state index contributed by atoms with van der Waals surface area (Å²) in [4.78, 5) is 23.9. The lowest BCUT2D eigenvalue weighted by Crippen LogP contribution is -2.22. The summed E-state index contributed by atoms with van der Waals surface area (Å²) in [5.41, 5.74) is 0.463. The number of benzene rings is 1. The van der Waals surface area contributed by atoms with Crippen molar-refractivity contribution in [2.24, 2.45) is 0 Å². The van der Waals surface area contributed by atoms with Crippen LogP contribution in [0.3, 0.4) is 0 Å². The van der Waals surface area contributed by atoms with Gasteiger partial charge in [0.05, 0.1) is 11.7 Å². The van der Waals surface area contributed by atoms with E-state index in [0.717, 1.165) is 17.8 Å². The molecule has 0 fully saturated rings. The van der Waals surface area contributed by atoms with Gasteiger partial charge < -0.3 is 0 Å². The second-order valence-electron chi connectivity index (χ2n) is 4.98. The van der Waals surface area contributed by atoms with Gasteiger partial charge in [0.1, 0.15) is 11.6 Å². The van der Waals surface area contributed by atoms with Crippen LogP contribution in [-0.4, -0.2) is 25.9 Å². The highest BCUT2D eigenvalue weighted by Crippen LogP contribution is 2.16. The molecule has 0 aliphatic heterocycles. The van der Waals surface area contributed by atoms with E-state index >= 15 is 0 Å². The van der Waals surface area contributed by atoms with Gasteiger partial charge >= 0.3 is 0 Å². The number of carbonyl (C=O) groups is 1. The van der Waals surface area contributed by atoms with Crippen LogP contribution >= 0.6 is 11.3 Å². The number of nitrogens with zero attached hydrogens (tertiary/aromatic N) is 4. The zero-order valence-electron chi connectivity index (χ0n) is 12.5. The quantitative estimate of drug-likeness (QED) is 0.771. The Morgan fingerprint density at radius 3 is 2.96 bits per heavy atom. The highest BCUT2D eigenvalue weighted by atomic mass is 32.1. The Kier molecular flexibility index (Phi) is 4.42. The van der Waals surface area contributed by atoms with Crippen molar-refractivity contribution in [1.29, 1.82) is 0 Å². The number of aryl methyl sites for hydroxylation is 1. The molecule has 0 unspecified atom stereocenters. The third-order valence-corrected chi connectivity index (χ3v) is 4.13. The topological polar surface area (TPSA) is 89.8 Å². The molecule has 2 heterocycles. The molecular weight excluding hydrogens is 314 g/mol. The zero-order valence-corrected chi connectivity index (χ0v) is 13.3. The van der Waals surface area contributed by atoms with Gasteiger partial charge in [0, 0.05) is 11.8 Å². The SMILES string of the molecule is CCCc1nnc(NC(=O)Cn2ncc(=O)c3ccccc32)s1. The van der Waals surface area contributed by atoms with Crippen LogP contribution in [0.1, 0.15) is 18.4 Å². The molecule has 1 amide bonds. The average Bonchev–Trinajstić information content (AvgIpc) is 2.98. The molecular formula is C15H15N5O2S. The maximum atomic E-state index is 12.2. The van der Waals surface area contributed by atoms with Gasteiger partial charge in [-0.05, 0) is 18.6 Å². The number of anilines is 1. The zero-order chi connectivity index (χ0) is 16.2. The van der Waals surface area contributed by atoms with Gasteiger partial charge in [-0.2, -0.15) is 5.10 Å². The molecule has 0 aliphatic rings. The van der Waals surface area contributed by atoms with Crippen molar-refractivity contribution in [3.63, 3.8) is 0 Å². The van der Waals surface area contributed by atoms with E-state index in [4.69, 9.17) is 0 Å². The highest BCUT2D eigenvalue weighted by molar-refractivity contribution is 7.15. The van der Waals surface area contributed by atoms with E-state index in [1.165, 1.54) is 22.2 Å². The molecule has 2 aromatic heterocycles. The molecule has 0 aliphatic carbocycles. The lowest BCUT2D eigenvalue weighted by atomic mass is 10.2. The van der Waals surface area contributed by atoms with Crippen LogP contribution in [0.4, 0.5) is 5.13 Å². The number of para-hydroxylation sites is 1. The molecule has 8 heteroatoms. The van der Waals surface area contributed by atoms with E-state index in [1.807, 2.05) is 0 Å². The summed E-state index contributed by atoms with van der Waals surface area (Å²) in [5.74, 6) is -0.259. The first-order valence-electron chi connectivity index (χ1n) is 7.24. The Morgan fingerprint density at radius 1 is 1.30 bits per heavy atom. The summed E-state index contributed by atoms with van der Waals surface area (Å²) in [5, 5.41) is 16.6. The summed E-state index contributed by atoms with van der Waals surface area (Å²) in [6.07, 6.45) is 3.05. The molecule has 0 saturated heterocycles. The van der Waals surface area contributed by atoms with Gasteiger partial charge in [0.25, 0.3) is 0 Å². The summed E-state index contributed by atoms with van der Waals surface area (Å²) >= 11 is 1.37. The highest BCUT2D eigenvalue weighted by Gasteiger charge is 2.11. The Labute approximate surface area is 136 Å².